The Kier molecular flexibility index (Phi) is 4.39. The lowest BCUT2D eigenvalue weighted by atomic mass is 10.1. The Labute approximate surface area is 132 Å². The van der Waals surface area contributed by atoms with Crippen molar-refractivity contribution in [2.45, 2.75) is 13.2 Å². The summed E-state index contributed by atoms with van der Waals surface area (Å²) in [5.41, 5.74) is 2.18. The van der Waals surface area contributed by atoms with Gasteiger partial charge in [-0.3, -0.25) is 4.79 Å². The molecule has 0 unspecified atom stereocenters. The molecule has 0 saturated heterocycles. The van der Waals surface area contributed by atoms with Gasteiger partial charge in [-0.15, -0.1) is 0 Å². The number of hydrogen-bond donors (Lipinski definition) is 1. The van der Waals surface area contributed by atoms with E-state index in [1.165, 1.54) is 12.1 Å². The topological polar surface area (TPSA) is 51.5 Å². The predicted molar refractivity (Wildman–Crippen MR) is 84.5 cm³/mol. The van der Waals surface area contributed by atoms with E-state index < -0.39 is 0 Å². The normalized spacial score (nSPS) is 10.9. The molecule has 3 rings (SSSR count). The highest BCUT2D eigenvalue weighted by Crippen LogP contribution is 2.26. The molecule has 0 aliphatic carbocycles. The van der Waals surface area contributed by atoms with Gasteiger partial charge in [0.25, 0.3) is 5.91 Å². The fourth-order valence-electron chi connectivity index (χ4n) is 2.43. The van der Waals surface area contributed by atoms with E-state index in [0.717, 1.165) is 16.5 Å². The maximum atomic E-state index is 12.9. The number of methoxy groups -OCH3 is 1. The van der Waals surface area contributed by atoms with Crippen molar-refractivity contribution in [1.29, 1.82) is 0 Å². The third-order valence-electron chi connectivity index (χ3n) is 3.56. The SMILES string of the molecule is COCc1c(C(=O)NCc2ccc(F)cc2)oc2ccccc12. The van der Waals surface area contributed by atoms with Gasteiger partial charge in [0.1, 0.15) is 11.4 Å². The van der Waals surface area contributed by atoms with Crippen LogP contribution in [0.15, 0.2) is 52.9 Å². The van der Waals surface area contributed by atoms with Crippen molar-refractivity contribution >= 4 is 16.9 Å². The van der Waals surface area contributed by atoms with Crippen molar-refractivity contribution in [3.05, 3.63) is 71.2 Å². The minimum Gasteiger partial charge on any atom is -0.451 e. The number of benzene rings is 2. The number of amides is 1. The first kappa shape index (κ1) is 15.2. The fourth-order valence-corrected chi connectivity index (χ4v) is 2.43. The van der Waals surface area contributed by atoms with Crippen LogP contribution in [0.4, 0.5) is 4.39 Å². The zero-order valence-corrected chi connectivity index (χ0v) is 12.6. The maximum absolute atomic E-state index is 12.9. The Balaban J connectivity index is 1.82. The summed E-state index contributed by atoms with van der Waals surface area (Å²) < 4.78 is 23.7. The van der Waals surface area contributed by atoms with Crippen LogP contribution in [0, 0.1) is 5.82 Å². The van der Waals surface area contributed by atoms with E-state index >= 15 is 0 Å². The van der Waals surface area contributed by atoms with Gasteiger partial charge in [-0.05, 0) is 23.8 Å². The molecule has 0 aliphatic rings. The van der Waals surface area contributed by atoms with Crippen LogP contribution >= 0.6 is 0 Å². The van der Waals surface area contributed by atoms with Gasteiger partial charge in [0.15, 0.2) is 5.76 Å². The van der Waals surface area contributed by atoms with Gasteiger partial charge in [-0.25, -0.2) is 4.39 Å². The maximum Gasteiger partial charge on any atom is 0.287 e. The second-order valence-corrected chi connectivity index (χ2v) is 5.15. The van der Waals surface area contributed by atoms with E-state index in [2.05, 4.69) is 5.32 Å². The van der Waals surface area contributed by atoms with Crippen LogP contribution in [0.5, 0.6) is 0 Å². The highest BCUT2D eigenvalue weighted by molar-refractivity contribution is 5.99. The van der Waals surface area contributed by atoms with Gasteiger partial charge in [-0.1, -0.05) is 30.3 Å². The second-order valence-electron chi connectivity index (χ2n) is 5.15. The number of carbonyl (C=O) groups excluding carboxylic acids is 1. The number of halogens is 1. The number of ether oxygens (including phenoxy) is 1. The minimum absolute atomic E-state index is 0.246. The number of hydrogen-bond acceptors (Lipinski definition) is 3. The van der Waals surface area contributed by atoms with Crippen LogP contribution in [0.2, 0.25) is 0 Å². The summed E-state index contributed by atoms with van der Waals surface area (Å²) >= 11 is 0. The van der Waals surface area contributed by atoms with Crippen LogP contribution in [0.3, 0.4) is 0 Å². The summed E-state index contributed by atoms with van der Waals surface area (Å²) in [6.07, 6.45) is 0. The molecule has 0 atom stereocenters. The molecule has 0 fully saturated rings. The number of carbonyl (C=O) groups is 1. The average molecular weight is 313 g/mol. The number of para-hydroxylation sites is 1. The first-order chi connectivity index (χ1) is 11.2. The lowest BCUT2D eigenvalue weighted by molar-refractivity contribution is 0.0918. The predicted octanol–water partition coefficient (Wildman–Crippen LogP) is 3.65. The molecule has 0 aliphatic heterocycles. The molecule has 3 aromatic rings. The lowest BCUT2D eigenvalue weighted by Gasteiger charge is -2.05. The van der Waals surface area contributed by atoms with Crippen molar-refractivity contribution in [3.8, 4) is 0 Å². The van der Waals surface area contributed by atoms with Gasteiger partial charge >= 0.3 is 0 Å². The van der Waals surface area contributed by atoms with Crippen LogP contribution in [-0.4, -0.2) is 13.0 Å². The van der Waals surface area contributed by atoms with Crippen molar-refractivity contribution in [2.24, 2.45) is 0 Å². The summed E-state index contributed by atoms with van der Waals surface area (Å²) in [4.78, 5) is 12.4. The summed E-state index contributed by atoms with van der Waals surface area (Å²) in [5.74, 6) is -0.382. The zero-order chi connectivity index (χ0) is 16.2. The number of furan rings is 1. The number of nitrogens with one attached hydrogen (secondary N) is 1. The Bertz CT molecular complexity index is 824. The fraction of sp³-hybridized carbons (Fsp3) is 0.167. The monoisotopic (exact) mass is 313 g/mol. The summed E-state index contributed by atoms with van der Waals surface area (Å²) in [6.45, 7) is 0.582. The Hall–Kier alpha value is -2.66. The Morgan fingerprint density at radius 3 is 2.65 bits per heavy atom. The zero-order valence-electron chi connectivity index (χ0n) is 12.6. The molecule has 2 aromatic carbocycles. The van der Waals surface area contributed by atoms with Gasteiger partial charge in [0, 0.05) is 24.6 Å². The second kappa shape index (κ2) is 6.62. The highest BCUT2D eigenvalue weighted by atomic mass is 19.1. The molecular formula is C18H16FNO3. The molecule has 0 spiro atoms. The molecule has 1 N–H and O–H groups in total. The molecule has 1 aromatic heterocycles. The quantitative estimate of drug-likeness (QED) is 0.782. The molecule has 5 heteroatoms. The lowest BCUT2D eigenvalue weighted by Crippen LogP contribution is -2.23. The van der Waals surface area contributed by atoms with Gasteiger partial charge in [0.05, 0.1) is 6.61 Å². The Morgan fingerprint density at radius 1 is 1.17 bits per heavy atom. The van der Waals surface area contributed by atoms with Crippen molar-refractivity contribution in [3.63, 3.8) is 0 Å². The number of rotatable bonds is 5. The van der Waals surface area contributed by atoms with Crippen molar-refractivity contribution in [1.82, 2.24) is 5.32 Å². The van der Waals surface area contributed by atoms with Gasteiger partial charge < -0.3 is 14.5 Å². The summed E-state index contributed by atoms with van der Waals surface area (Å²) in [6, 6.07) is 13.4. The van der Waals surface area contributed by atoms with Crippen LogP contribution in [-0.2, 0) is 17.9 Å². The smallest absolute Gasteiger partial charge is 0.287 e. The van der Waals surface area contributed by atoms with Gasteiger partial charge in [-0.2, -0.15) is 0 Å². The molecule has 4 nitrogen and oxygen atoms in total. The third-order valence-corrected chi connectivity index (χ3v) is 3.56. The molecular weight excluding hydrogens is 297 g/mol. The van der Waals surface area contributed by atoms with E-state index in [9.17, 15) is 9.18 Å². The molecule has 0 bridgehead atoms. The largest absolute Gasteiger partial charge is 0.451 e. The van der Waals surface area contributed by atoms with Crippen LogP contribution in [0.25, 0.3) is 11.0 Å². The van der Waals surface area contributed by atoms with E-state index in [-0.39, 0.29) is 24.1 Å². The Morgan fingerprint density at radius 2 is 1.91 bits per heavy atom. The van der Waals surface area contributed by atoms with Crippen molar-refractivity contribution in [2.75, 3.05) is 7.11 Å². The van der Waals surface area contributed by atoms with Gasteiger partial charge in [0.2, 0.25) is 0 Å². The molecule has 0 saturated carbocycles. The average Bonchev–Trinajstić information content (AvgIpc) is 2.93. The third kappa shape index (κ3) is 3.24. The molecule has 118 valence electrons. The molecule has 1 amide bonds. The van der Waals surface area contributed by atoms with E-state index in [1.54, 1.807) is 19.2 Å². The van der Waals surface area contributed by atoms with E-state index in [0.29, 0.717) is 12.1 Å². The standard InChI is InChI=1S/C18H16FNO3/c1-22-11-15-14-4-2-3-5-16(14)23-17(15)18(21)20-10-12-6-8-13(19)9-7-12/h2-9H,10-11H2,1H3,(H,20,21). The molecule has 0 radical (unpaired) electrons. The van der Waals surface area contributed by atoms with E-state index in [4.69, 9.17) is 9.15 Å². The molecule has 23 heavy (non-hydrogen) atoms. The van der Waals surface area contributed by atoms with Crippen LogP contribution in [0.1, 0.15) is 21.7 Å². The summed E-state index contributed by atoms with van der Waals surface area (Å²) in [7, 11) is 1.57. The van der Waals surface area contributed by atoms with Crippen molar-refractivity contribution < 1.29 is 18.3 Å². The van der Waals surface area contributed by atoms with E-state index in [1.807, 2.05) is 24.3 Å². The summed E-state index contributed by atoms with van der Waals surface area (Å²) in [5, 5.41) is 3.65. The highest BCUT2D eigenvalue weighted by Gasteiger charge is 2.20. The molecule has 1 heterocycles. The van der Waals surface area contributed by atoms with Crippen LogP contribution < -0.4 is 5.32 Å². The first-order valence-electron chi connectivity index (χ1n) is 7.21. The first-order valence-corrected chi connectivity index (χ1v) is 7.21. The number of fused-ring (bicyclic) bond motifs is 1. The minimum atomic E-state index is -0.322.